The molecule has 0 spiro atoms. The van der Waals surface area contributed by atoms with Crippen LogP contribution in [0.15, 0.2) is 36.5 Å². The number of pyridine rings is 1. The summed E-state index contributed by atoms with van der Waals surface area (Å²) in [5.74, 6) is 0.605. The second-order valence-electron chi connectivity index (χ2n) is 5.04. The first-order valence-corrected chi connectivity index (χ1v) is 6.93. The van der Waals surface area contributed by atoms with Crippen molar-refractivity contribution < 1.29 is 14.3 Å². The molecule has 112 valence electrons. The van der Waals surface area contributed by atoms with E-state index in [9.17, 15) is 9.59 Å². The number of carbonyl (C=O) groups is 2. The van der Waals surface area contributed by atoms with Crippen LogP contribution in [0.3, 0.4) is 0 Å². The van der Waals surface area contributed by atoms with Gasteiger partial charge in [-0.05, 0) is 35.2 Å². The van der Waals surface area contributed by atoms with Gasteiger partial charge in [0, 0.05) is 18.2 Å². The van der Waals surface area contributed by atoms with Crippen molar-refractivity contribution in [1.29, 1.82) is 0 Å². The SMILES string of the molecule is NC(=O)OCc1cccc(-c2ccnc3c2CCC(=O)N3)c1. The Morgan fingerprint density at radius 1 is 1.32 bits per heavy atom. The first-order valence-electron chi connectivity index (χ1n) is 6.93. The summed E-state index contributed by atoms with van der Waals surface area (Å²) in [5.41, 5.74) is 8.86. The van der Waals surface area contributed by atoms with E-state index in [1.807, 2.05) is 30.3 Å². The molecule has 0 radical (unpaired) electrons. The average molecular weight is 297 g/mol. The van der Waals surface area contributed by atoms with E-state index in [-0.39, 0.29) is 12.5 Å². The number of hydrogen-bond donors (Lipinski definition) is 2. The molecule has 0 saturated heterocycles. The maximum Gasteiger partial charge on any atom is 0.404 e. The van der Waals surface area contributed by atoms with Crippen LogP contribution in [-0.4, -0.2) is 17.0 Å². The number of nitrogens with one attached hydrogen (secondary N) is 1. The predicted molar refractivity (Wildman–Crippen MR) is 81.0 cm³/mol. The third-order valence-electron chi connectivity index (χ3n) is 3.53. The normalized spacial score (nSPS) is 13.2. The highest BCUT2D eigenvalue weighted by molar-refractivity contribution is 5.94. The Hall–Kier alpha value is -2.89. The van der Waals surface area contributed by atoms with E-state index in [0.717, 1.165) is 22.3 Å². The maximum absolute atomic E-state index is 11.5. The van der Waals surface area contributed by atoms with Crippen LogP contribution < -0.4 is 11.1 Å². The van der Waals surface area contributed by atoms with E-state index < -0.39 is 6.09 Å². The molecule has 3 N–H and O–H groups in total. The molecule has 3 rings (SSSR count). The van der Waals surface area contributed by atoms with Gasteiger partial charge in [0.15, 0.2) is 0 Å². The molecule has 0 bridgehead atoms. The summed E-state index contributed by atoms with van der Waals surface area (Å²) in [6.45, 7) is 0.132. The largest absolute Gasteiger partial charge is 0.445 e. The number of amides is 2. The number of ether oxygens (including phenoxy) is 1. The molecule has 0 fully saturated rings. The lowest BCUT2D eigenvalue weighted by molar-refractivity contribution is -0.116. The van der Waals surface area contributed by atoms with E-state index in [4.69, 9.17) is 10.5 Å². The van der Waals surface area contributed by atoms with E-state index in [1.54, 1.807) is 6.20 Å². The molecule has 22 heavy (non-hydrogen) atoms. The zero-order valence-corrected chi connectivity index (χ0v) is 11.8. The standard InChI is InChI=1S/C16H15N3O3/c17-16(21)22-9-10-2-1-3-11(8-10)12-6-7-18-15-13(12)4-5-14(20)19-15/h1-3,6-8H,4-5,9H2,(H2,17,21)(H,18,19,20). The summed E-state index contributed by atoms with van der Waals surface area (Å²) >= 11 is 0. The van der Waals surface area contributed by atoms with Crippen molar-refractivity contribution in [3.05, 3.63) is 47.7 Å². The number of benzene rings is 1. The van der Waals surface area contributed by atoms with Crippen molar-refractivity contribution in [3.8, 4) is 11.1 Å². The third kappa shape index (κ3) is 2.90. The van der Waals surface area contributed by atoms with Crippen LogP contribution in [-0.2, 0) is 22.6 Å². The molecule has 6 nitrogen and oxygen atoms in total. The molecule has 2 amide bonds. The summed E-state index contributed by atoms with van der Waals surface area (Å²) in [7, 11) is 0. The lowest BCUT2D eigenvalue weighted by Crippen LogP contribution is -2.20. The highest BCUT2D eigenvalue weighted by Gasteiger charge is 2.19. The van der Waals surface area contributed by atoms with Crippen molar-refractivity contribution in [1.82, 2.24) is 4.98 Å². The molecule has 0 aliphatic carbocycles. The van der Waals surface area contributed by atoms with Gasteiger partial charge in [0.1, 0.15) is 12.4 Å². The Balaban J connectivity index is 1.94. The lowest BCUT2D eigenvalue weighted by Gasteiger charge is -2.19. The van der Waals surface area contributed by atoms with Crippen LogP contribution in [0.5, 0.6) is 0 Å². The monoisotopic (exact) mass is 297 g/mol. The molecular formula is C16H15N3O3. The number of carbonyl (C=O) groups excluding carboxylic acids is 2. The molecule has 0 saturated carbocycles. The van der Waals surface area contributed by atoms with Crippen molar-refractivity contribution in [2.75, 3.05) is 5.32 Å². The molecule has 1 aromatic heterocycles. The van der Waals surface area contributed by atoms with Crippen molar-refractivity contribution >= 4 is 17.8 Å². The summed E-state index contributed by atoms with van der Waals surface area (Å²) in [4.78, 5) is 26.4. The first kappa shape index (κ1) is 14.1. The fourth-order valence-electron chi connectivity index (χ4n) is 2.54. The lowest BCUT2D eigenvalue weighted by atomic mass is 9.95. The molecule has 6 heteroatoms. The average Bonchev–Trinajstić information content (AvgIpc) is 2.52. The van der Waals surface area contributed by atoms with E-state index in [2.05, 4.69) is 10.3 Å². The van der Waals surface area contributed by atoms with Crippen LogP contribution in [0.2, 0.25) is 0 Å². The van der Waals surface area contributed by atoms with E-state index in [1.165, 1.54) is 0 Å². The summed E-state index contributed by atoms with van der Waals surface area (Å²) in [6.07, 6.45) is 1.99. The van der Waals surface area contributed by atoms with Gasteiger partial charge in [0.05, 0.1) is 0 Å². The smallest absolute Gasteiger partial charge is 0.404 e. The quantitative estimate of drug-likeness (QED) is 0.908. The molecular weight excluding hydrogens is 282 g/mol. The molecule has 0 unspecified atom stereocenters. The zero-order chi connectivity index (χ0) is 15.5. The number of hydrogen-bond acceptors (Lipinski definition) is 4. The first-order chi connectivity index (χ1) is 10.6. The predicted octanol–water partition coefficient (Wildman–Crippen LogP) is 2.23. The van der Waals surface area contributed by atoms with Crippen LogP contribution in [0, 0.1) is 0 Å². The van der Waals surface area contributed by atoms with Crippen LogP contribution in [0.25, 0.3) is 11.1 Å². The van der Waals surface area contributed by atoms with Gasteiger partial charge >= 0.3 is 6.09 Å². The second-order valence-corrected chi connectivity index (χ2v) is 5.04. The number of rotatable bonds is 3. The van der Waals surface area contributed by atoms with Crippen molar-refractivity contribution in [3.63, 3.8) is 0 Å². The molecule has 0 atom stereocenters. The Morgan fingerprint density at radius 3 is 3.00 bits per heavy atom. The maximum atomic E-state index is 11.5. The van der Waals surface area contributed by atoms with Crippen LogP contribution in [0.4, 0.5) is 10.6 Å². The number of primary amides is 1. The Kier molecular flexibility index (Phi) is 3.74. The minimum atomic E-state index is -0.797. The van der Waals surface area contributed by atoms with Crippen molar-refractivity contribution in [2.24, 2.45) is 5.73 Å². The number of nitrogens with zero attached hydrogens (tertiary/aromatic N) is 1. The third-order valence-corrected chi connectivity index (χ3v) is 3.53. The fraction of sp³-hybridized carbons (Fsp3) is 0.188. The highest BCUT2D eigenvalue weighted by atomic mass is 16.5. The number of nitrogens with two attached hydrogens (primary N) is 1. The highest BCUT2D eigenvalue weighted by Crippen LogP contribution is 2.31. The number of anilines is 1. The Labute approximate surface area is 127 Å². The van der Waals surface area contributed by atoms with Gasteiger partial charge in [-0.1, -0.05) is 18.2 Å². The number of fused-ring (bicyclic) bond motifs is 1. The molecule has 2 heterocycles. The second kappa shape index (κ2) is 5.85. The topological polar surface area (TPSA) is 94.3 Å². The van der Waals surface area contributed by atoms with Gasteiger partial charge in [0.25, 0.3) is 0 Å². The van der Waals surface area contributed by atoms with Crippen LogP contribution >= 0.6 is 0 Å². The van der Waals surface area contributed by atoms with Gasteiger partial charge in [-0.2, -0.15) is 0 Å². The molecule has 1 aliphatic rings. The molecule has 1 aliphatic heterocycles. The summed E-state index contributed by atoms with van der Waals surface area (Å²) in [5, 5.41) is 2.79. The minimum Gasteiger partial charge on any atom is -0.445 e. The Morgan fingerprint density at radius 2 is 2.18 bits per heavy atom. The van der Waals surface area contributed by atoms with Crippen LogP contribution in [0.1, 0.15) is 17.5 Å². The van der Waals surface area contributed by atoms with E-state index >= 15 is 0 Å². The minimum absolute atomic E-state index is 0.0132. The summed E-state index contributed by atoms with van der Waals surface area (Å²) < 4.78 is 4.81. The fourth-order valence-corrected chi connectivity index (χ4v) is 2.54. The van der Waals surface area contributed by atoms with Gasteiger partial charge in [-0.25, -0.2) is 9.78 Å². The van der Waals surface area contributed by atoms with Crippen molar-refractivity contribution in [2.45, 2.75) is 19.4 Å². The summed E-state index contributed by atoms with van der Waals surface area (Å²) in [6, 6.07) is 9.59. The zero-order valence-electron chi connectivity index (χ0n) is 11.8. The number of aromatic nitrogens is 1. The van der Waals surface area contributed by atoms with Gasteiger partial charge in [-0.3, -0.25) is 4.79 Å². The van der Waals surface area contributed by atoms with Gasteiger partial charge in [0.2, 0.25) is 5.91 Å². The molecule has 2 aromatic rings. The van der Waals surface area contributed by atoms with Gasteiger partial charge < -0.3 is 15.8 Å². The van der Waals surface area contributed by atoms with Gasteiger partial charge in [-0.15, -0.1) is 0 Å². The molecule has 1 aromatic carbocycles. The van der Waals surface area contributed by atoms with E-state index in [0.29, 0.717) is 18.7 Å². The Bertz CT molecular complexity index is 743.